The summed E-state index contributed by atoms with van der Waals surface area (Å²) in [6.45, 7) is 4.83. The minimum atomic E-state index is 0.731. The summed E-state index contributed by atoms with van der Waals surface area (Å²) >= 11 is 4.61. The van der Waals surface area contributed by atoms with Crippen molar-refractivity contribution in [3.05, 3.63) is 24.8 Å². The first kappa shape index (κ1) is 10.6. The Hall–Kier alpha value is 0.480. The molecule has 1 aromatic carbocycles. The smallest absolute Gasteiger partial charge is 0.145 e. The fourth-order valence-corrected chi connectivity index (χ4v) is 3.36. The summed E-state index contributed by atoms with van der Waals surface area (Å²) in [5.41, 5.74) is 1.28. The third-order valence-electron chi connectivity index (χ3n) is 1.43. The summed E-state index contributed by atoms with van der Waals surface area (Å²) in [6.07, 6.45) is 0. The van der Waals surface area contributed by atoms with E-state index in [1.807, 2.05) is 6.92 Å². The number of rotatable bonds is 2. The lowest BCUT2D eigenvalue weighted by atomic mass is 10.2. The lowest BCUT2D eigenvalue weighted by Gasteiger charge is -2.08. The van der Waals surface area contributed by atoms with Crippen LogP contribution in [0.25, 0.3) is 0 Å². The maximum atomic E-state index is 5.51. The van der Waals surface area contributed by atoms with Crippen molar-refractivity contribution in [1.82, 2.24) is 0 Å². The summed E-state index contributed by atoms with van der Waals surface area (Å²) in [4.78, 5) is 0. The van der Waals surface area contributed by atoms with Crippen LogP contribution in [0.4, 0.5) is 0 Å². The molecule has 12 heavy (non-hydrogen) atoms. The Morgan fingerprint density at radius 3 is 2.17 bits per heavy atom. The van der Waals surface area contributed by atoms with Crippen molar-refractivity contribution in [3.63, 3.8) is 0 Å². The molecule has 0 N–H and O–H groups in total. The summed E-state index contributed by atoms with van der Waals surface area (Å²) in [6, 6.07) is 4.27. The molecule has 0 aliphatic carbocycles. The molecule has 0 fully saturated rings. The molecule has 0 heterocycles. The first-order valence-corrected chi connectivity index (χ1v) is 5.89. The number of aryl methyl sites for hydroxylation is 1. The quantitative estimate of drug-likeness (QED) is 0.704. The van der Waals surface area contributed by atoms with Gasteiger partial charge < -0.3 is 4.74 Å². The van der Waals surface area contributed by atoms with Gasteiger partial charge in [0.25, 0.3) is 0 Å². The lowest BCUT2D eigenvalue weighted by molar-refractivity contribution is 0.335. The van der Waals surface area contributed by atoms with E-state index in [4.69, 9.17) is 4.74 Å². The third kappa shape index (κ3) is 2.48. The van der Waals surface area contributed by atoms with Crippen LogP contribution < -0.4 is 4.74 Å². The molecule has 66 valence electrons. The molecule has 0 radical (unpaired) electrons. The Morgan fingerprint density at radius 1 is 1.25 bits per heavy atom. The van der Waals surface area contributed by atoms with E-state index in [0.29, 0.717) is 0 Å². The highest BCUT2D eigenvalue weighted by atomic mass is 127. The molecular weight excluding hydrogens is 378 g/mol. The minimum absolute atomic E-state index is 0.731. The molecule has 1 rings (SSSR count). The number of hydrogen-bond acceptors (Lipinski definition) is 1. The molecule has 0 bridgehead atoms. The molecule has 0 saturated heterocycles. The van der Waals surface area contributed by atoms with Gasteiger partial charge in [0.1, 0.15) is 5.75 Å². The monoisotopic (exact) mass is 388 g/mol. The van der Waals surface area contributed by atoms with E-state index in [1.165, 1.54) is 12.7 Å². The average Bonchev–Trinajstić information content (AvgIpc) is 1.96. The molecule has 1 aromatic rings. The molecule has 0 unspecified atom stereocenters. The van der Waals surface area contributed by atoms with Gasteiger partial charge in [0, 0.05) is 0 Å². The zero-order chi connectivity index (χ0) is 9.14. The summed E-state index contributed by atoms with van der Waals surface area (Å²) in [5.74, 6) is 1.02. The van der Waals surface area contributed by atoms with Gasteiger partial charge in [-0.25, -0.2) is 0 Å². The van der Waals surface area contributed by atoms with Crippen molar-refractivity contribution < 1.29 is 4.74 Å². The van der Waals surface area contributed by atoms with Gasteiger partial charge in [0.15, 0.2) is 0 Å². The second kappa shape index (κ2) is 4.64. The Labute approximate surface area is 100 Å². The molecule has 0 amide bonds. The maximum absolute atomic E-state index is 5.51. The van der Waals surface area contributed by atoms with Crippen molar-refractivity contribution >= 4 is 45.2 Å². The Bertz CT molecular complexity index is 261. The van der Waals surface area contributed by atoms with Gasteiger partial charge in [-0.05, 0) is 76.7 Å². The van der Waals surface area contributed by atoms with Crippen LogP contribution in [0.3, 0.4) is 0 Å². The van der Waals surface area contributed by atoms with Gasteiger partial charge in [-0.1, -0.05) is 0 Å². The van der Waals surface area contributed by atoms with Crippen LogP contribution in [0.15, 0.2) is 12.1 Å². The molecule has 3 heteroatoms. The molecule has 0 saturated carbocycles. The number of hydrogen-bond donors (Lipinski definition) is 0. The van der Waals surface area contributed by atoms with Crippen LogP contribution in [0, 0.1) is 14.1 Å². The Morgan fingerprint density at radius 2 is 1.75 bits per heavy atom. The Balaban J connectivity index is 3.10. The van der Waals surface area contributed by atoms with E-state index < -0.39 is 0 Å². The van der Waals surface area contributed by atoms with Gasteiger partial charge in [0.05, 0.1) is 13.7 Å². The Kier molecular flexibility index (Phi) is 4.09. The van der Waals surface area contributed by atoms with Crippen LogP contribution in [-0.4, -0.2) is 6.61 Å². The van der Waals surface area contributed by atoms with E-state index in [1.54, 1.807) is 0 Å². The summed E-state index contributed by atoms with van der Waals surface area (Å²) < 4.78 is 7.89. The zero-order valence-corrected chi connectivity index (χ0v) is 11.3. The molecule has 0 atom stereocenters. The second-order valence-electron chi connectivity index (χ2n) is 2.49. The summed E-state index contributed by atoms with van der Waals surface area (Å²) in [5, 5.41) is 0. The van der Waals surface area contributed by atoms with Crippen LogP contribution in [0.1, 0.15) is 12.5 Å². The number of halogens is 2. The minimum Gasteiger partial charge on any atom is -0.492 e. The fraction of sp³-hybridized carbons (Fsp3) is 0.333. The molecule has 1 nitrogen and oxygen atoms in total. The van der Waals surface area contributed by atoms with Crippen LogP contribution >= 0.6 is 45.2 Å². The molecular formula is C9H10I2O. The third-order valence-corrected chi connectivity index (χ3v) is 3.03. The van der Waals surface area contributed by atoms with Crippen LogP contribution in [-0.2, 0) is 0 Å². The SMILES string of the molecule is CCOc1c(I)cc(C)cc1I. The molecule has 0 aromatic heterocycles. The van der Waals surface area contributed by atoms with E-state index in [9.17, 15) is 0 Å². The first-order chi connectivity index (χ1) is 5.65. The van der Waals surface area contributed by atoms with Crippen molar-refractivity contribution in [2.45, 2.75) is 13.8 Å². The highest BCUT2D eigenvalue weighted by molar-refractivity contribution is 14.1. The normalized spacial score (nSPS) is 10.0. The van der Waals surface area contributed by atoms with Gasteiger partial charge in [-0.3, -0.25) is 0 Å². The van der Waals surface area contributed by atoms with E-state index >= 15 is 0 Å². The zero-order valence-electron chi connectivity index (χ0n) is 7.03. The van der Waals surface area contributed by atoms with E-state index in [0.717, 1.165) is 12.4 Å². The highest BCUT2D eigenvalue weighted by Gasteiger charge is 2.05. The summed E-state index contributed by atoms with van der Waals surface area (Å²) in [7, 11) is 0. The van der Waals surface area contributed by atoms with E-state index in [2.05, 4.69) is 64.2 Å². The lowest BCUT2D eigenvalue weighted by Crippen LogP contribution is -1.96. The largest absolute Gasteiger partial charge is 0.492 e. The van der Waals surface area contributed by atoms with E-state index in [-0.39, 0.29) is 0 Å². The molecule has 0 aliphatic rings. The first-order valence-electron chi connectivity index (χ1n) is 3.73. The molecule has 0 aliphatic heterocycles. The number of ether oxygens (including phenoxy) is 1. The second-order valence-corrected chi connectivity index (χ2v) is 4.82. The van der Waals surface area contributed by atoms with Crippen LogP contribution in [0.2, 0.25) is 0 Å². The topological polar surface area (TPSA) is 9.23 Å². The van der Waals surface area contributed by atoms with Gasteiger partial charge in [-0.2, -0.15) is 0 Å². The van der Waals surface area contributed by atoms with Crippen LogP contribution in [0.5, 0.6) is 5.75 Å². The van der Waals surface area contributed by atoms with Crippen molar-refractivity contribution in [3.8, 4) is 5.75 Å². The van der Waals surface area contributed by atoms with Gasteiger partial charge in [0.2, 0.25) is 0 Å². The molecule has 0 spiro atoms. The average molecular weight is 388 g/mol. The maximum Gasteiger partial charge on any atom is 0.145 e. The van der Waals surface area contributed by atoms with Crippen molar-refractivity contribution in [2.24, 2.45) is 0 Å². The van der Waals surface area contributed by atoms with Gasteiger partial charge >= 0.3 is 0 Å². The number of benzene rings is 1. The fourth-order valence-electron chi connectivity index (χ4n) is 0.969. The van der Waals surface area contributed by atoms with Crippen molar-refractivity contribution in [1.29, 1.82) is 0 Å². The highest BCUT2D eigenvalue weighted by Crippen LogP contribution is 2.28. The van der Waals surface area contributed by atoms with Gasteiger partial charge in [-0.15, -0.1) is 0 Å². The standard InChI is InChI=1S/C9H10I2O/c1-3-12-9-7(10)4-6(2)5-8(9)11/h4-5H,3H2,1-2H3. The predicted molar refractivity (Wildman–Crippen MR) is 67.8 cm³/mol. The van der Waals surface area contributed by atoms with Crippen molar-refractivity contribution in [2.75, 3.05) is 6.61 Å². The predicted octanol–water partition coefficient (Wildman–Crippen LogP) is 3.60.